The molecule has 7 heteroatoms. The second kappa shape index (κ2) is 4.57. The summed E-state index contributed by atoms with van der Waals surface area (Å²) in [4.78, 5) is 4.20. The van der Waals surface area contributed by atoms with E-state index in [4.69, 9.17) is 0 Å². The van der Waals surface area contributed by atoms with Gasteiger partial charge in [-0.15, -0.1) is 0 Å². The first-order valence-electron chi connectivity index (χ1n) is 6.79. The van der Waals surface area contributed by atoms with Crippen LogP contribution in [0.15, 0.2) is 11.2 Å². The Kier molecular flexibility index (Phi) is 3.15. The fourth-order valence-corrected chi connectivity index (χ4v) is 4.58. The molecule has 0 unspecified atom stereocenters. The monoisotopic (exact) mass is 284 g/mol. The average molecular weight is 284 g/mol. The number of aromatic nitrogens is 2. The van der Waals surface area contributed by atoms with Gasteiger partial charge in [-0.2, -0.15) is 4.31 Å². The van der Waals surface area contributed by atoms with Crippen molar-refractivity contribution in [3.63, 3.8) is 0 Å². The molecule has 0 spiro atoms. The maximum Gasteiger partial charge on any atom is 0.262 e. The lowest BCUT2D eigenvalue weighted by Gasteiger charge is -2.15. The molecule has 2 atom stereocenters. The first-order valence-corrected chi connectivity index (χ1v) is 8.23. The number of aryl methyl sites for hydroxylation is 2. The van der Waals surface area contributed by atoms with Gasteiger partial charge in [0, 0.05) is 31.9 Å². The van der Waals surface area contributed by atoms with Gasteiger partial charge in [0.25, 0.3) is 10.0 Å². The summed E-state index contributed by atoms with van der Waals surface area (Å²) in [5, 5.41) is 3.55. The van der Waals surface area contributed by atoms with Crippen LogP contribution in [0.25, 0.3) is 0 Å². The van der Waals surface area contributed by atoms with Crippen LogP contribution in [0.1, 0.15) is 19.2 Å². The Morgan fingerprint density at radius 2 is 2.26 bits per heavy atom. The van der Waals surface area contributed by atoms with Crippen LogP contribution in [-0.4, -0.2) is 48.0 Å². The highest BCUT2D eigenvalue weighted by Gasteiger charge is 2.42. The molecule has 1 aromatic rings. The van der Waals surface area contributed by atoms with Gasteiger partial charge in [-0.1, -0.05) is 0 Å². The minimum absolute atomic E-state index is 0.187. The van der Waals surface area contributed by atoms with Gasteiger partial charge in [-0.3, -0.25) is 0 Å². The number of hydrogen-bond donors (Lipinski definition) is 1. The summed E-state index contributed by atoms with van der Waals surface area (Å²) in [7, 11) is -3.43. The van der Waals surface area contributed by atoms with Crippen molar-refractivity contribution in [3.8, 4) is 0 Å². The maximum absolute atomic E-state index is 12.6. The van der Waals surface area contributed by atoms with Gasteiger partial charge in [0.15, 0.2) is 5.03 Å². The molecule has 2 aliphatic heterocycles. The summed E-state index contributed by atoms with van der Waals surface area (Å²) < 4.78 is 28.6. The average Bonchev–Trinajstić information content (AvgIpc) is 3.00. The first-order chi connectivity index (χ1) is 9.02. The Morgan fingerprint density at radius 3 is 2.89 bits per heavy atom. The van der Waals surface area contributed by atoms with Crippen LogP contribution in [0.4, 0.5) is 0 Å². The van der Waals surface area contributed by atoms with Crippen LogP contribution >= 0.6 is 0 Å². The number of nitrogens with zero attached hydrogens (tertiary/aromatic N) is 3. The van der Waals surface area contributed by atoms with Crippen LogP contribution in [-0.2, 0) is 16.6 Å². The SMILES string of the molecule is CCn1cc(S(=O)(=O)N2C[C@@H]3CCN[C@@H]3C2)nc1C. The minimum atomic E-state index is -3.43. The molecular formula is C12H20N4O2S. The van der Waals surface area contributed by atoms with E-state index < -0.39 is 10.0 Å². The van der Waals surface area contributed by atoms with Crippen molar-refractivity contribution in [1.82, 2.24) is 19.2 Å². The van der Waals surface area contributed by atoms with Crippen LogP contribution in [0.3, 0.4) is 0 Å². The number of nitrogens with one attached hydrogen (secondary N) is 1. The molecule has 1 N–H and O–H groups in total. The molecule has 3 heterocycles. The molecule has 0 aromatic carbocycles. The smallest absolute Gasteiger partial charge is 0.262 e. The largest absolute Gasteiger partial charge is 0.334 e. The Hall–Kier alpha value is -0.920. The zero-order valence-electron chi connectivity index (χ0n) is 11.3. The van der Waals surface area contributed by atoms with Crippen molar-refractivity contribution < 1.29 is 8.42 Å². The van der Waals surface area contributed by atoms with Gasteiger partial charge in [0.1, 0.15) is 5.82 Å². The van der Waals surface area contributed by atoms with Crippen LogP contribution in [0, 0.1) is 12.8 Å². The number of rotatable bonds is 3. The molecule has 0 saturated carbocycles. The summed E-state index contributed by atoms with van der Waals surface area (Å²) in [5.41, 5.74) is 0. The molecule has 0 radical (unpaired) electrons. The fourth-order valence-electron chi connectivity index (χ4n) is 3.06. The first kappa shape index (κ1) is 13.1. The summed E-state index contributed by atoms with van der Waals surface area (Å²) in [6.07, 6.45) is 2.71. The molecule has 0 bridgehead atoms. The van der Waals surface area contributed by atoms with Crippen molar-refractivity contribution in [3.05, 3.63) is 12.0 Å². The van der Waals surface area contributed by atoms with Crippen LogP contribution < -0.4 is 5.32 Å². The van der Waals surface area contributed by atoms with Gasteiger partial charge < -0.3 is 9.88 Å². The molecule has 2 aliphatic rings. The van der Waals surface area contributed by atoms with Gasteiger partial charge in [0.2, 0.25) is 0 Å². The second-order valence-electron chi connectivity index (χ2n) is 5.34. The standard InChI is InChI=1S/C12H20N4O2S/c1-3-15-8-12(14-9(15)2)19(17,18)16-6-10-4-5-13-11(10)7-16/h8,10-11,13H,3-7H2,1-2H3/t10-,11+/m0/s1. The van der Waals surface area contributed by atoms with E-state index in [1.807, 2.05) is 18.4 Å². The molecular weight excluding hydrogens is 264 g/mol. The third kappa shape index (κ3) is 2.09. The molecule has 0 aliphatic carbocycles. The van der Waals surface area contributed by atoms with Crippen LogP contribution in [0.5, 0.6) is 0 Å². The predicted molar refractivity (Wildman–Crippen MR) is 71.3 cm³/mol. The van der Waals surface area contributed by atoms with Crippen molar-refractivity contribution in [2.24, 2.45) is 5.92 Å². The Balaban J connectivity index is 1.86. The molecule has 106 valence electrons. The lowest BCUT2D eigenvalue weighted by Crippen LogP contribution is -2.34. The van der Waals surface area contributed by atoms with Crippen molar-refractivity contribution >= 4 is 10.0 Å². The Bertz CT molecular complexity index is 569. The zero-order chi connectivity index (χ0) is 13.6. The van der Waals surface area contributed by atoms with E-state index in [0.29, 0.717) is 25.0 Å². The molecule has 6 nitrogen and oxygen atoms in total. The zero-order valence-corrected chi connectivity index (χ0v) is 12.2. The lowest BCUT2D eigenvalue weighted by atomic mass is 10.1. The van der Waals surface area contributed by atoms with E-state index in [1.54, 1.807) is 10.5 Å². The number of sulfonamides is 1. The number of hydrogen-bond acceptors (Lipinski definition) is 4. The summed E-state index contributed by atoms with van der Waals surface area (Å²) in [6.45, 7) is 6.76. The van der Waals surface area contributed by atoms with Crippen molar-refractivity contribution in [2.45, 2.75) is 37.9 Å². The van der Waals surface area contributed by atoms with Crippen molar-refractivity contribution in [1.29, 1.82) is 0 Å². The minimum Gasteiger partial charge on any atom is -0.334 e. The molecule has 1 aromatic heterocycles. The third-order valence-corrected chi connectivity index (χ3v) is 5.93. The molecule has 0 amide bonds. The van der Waals surface area contributed by atoms with E-state index in [1.165, 1.54) is 0 Å². The molecule has 3 rings (SSSR count). The van der Waals surface area contributed by atoms with Gasteiger partial charge in [-0.05, 0) is 32.7 Å². The molecule has 2 fully saturated rings. The van der Waals surface area contributed by atoms with Gasteiger partial charge in [-0.25, -0.2) is 13.4 Å². The highest BCUT2D eigenvalue weighted by Crippen LogP contribution is 2.29. The normalized spacial score (nSPS) is 27.9. The van der Waals surface area contributed by atoms with Gasteiger partial charge in [0.05, 0.1) is 0 Å². The maximum atomic E-state index is 12.6. The van der Waals surface area contributed by atoms with E-state index in [9.17, 15) is 8.42 Å². The topological polar surface area (TPSA) is 67.2 Å². The Labute approximate surface area is 113 Å². The van der Waals surface area contributed by atoms with E-state index in [-0.39, 0.29) is 5.03 Å². The number of fused-ring (bicyclic) bond motifs is 1. The van der Waals surface area contributed by atoms with Crippen molar-refractivity contribution in [2.75, 3.05) is 19.6 Å². The fraction of sp³-hybridized carbons (Fsp3) is 0.750. The van der Waals surface area contributed by atoms with Crippen LogP contribution in [0.2, 0.25) is 0 Å². The van der Waals surface area contributed by atoms with Gasteiger partial charge >= 0.3 is 0 Å². The highest BCUT2D eigenvalue weighted by atomic mass is 32.2. The van der Waals surface area contributed by atoms with E-state index >= 15 is 0 Å². The lowest BCUT2D eigenvalue weighted by molar-refractivity contribution is 0.446. The quantitative estimate of drug-likeness (QED) is 0.860. The van der Waals surface area contributed by atoms with E-state index in [2.05, 4.69) is 10.3 Å². The predicted octanol–water partition coefficient (Wildman–Crippen LogP) is 0.194. The summed E-state index contributed by atoms with van der Waals surface area (Å²) in [6, 6.07) is 0.323. The molecule has 2 saturated heterocycles. The highest BCUT2D eigenvalue weighted by molar-refractivity contribution is 7.89. The van der Waals surface area contributed by atoms with E-state index in [0.717, 1.165) is 25.3 Å². The summed E-state index contributed by atoms with van der Waals surface area (Å²) >= 11 is 0. The third-order valence-electron chi connectivity index (χ3n) is 4.23. The Morgan fingerprint density at radius 1 is 1.47 bits per heavy atom. The molecule has 19 heavy (non-hydrogen) atoms. The second-order valence-corrected chi connectivity index (χ2v) is 7.23. The summed E-state index contributed by atoms with van der Waals surface area (Å²) in [5.74, 6) is 1.21. The number of imidazole rings is 1.